The fourth-order valence-corrected chi connectivity index (χ4v) is 6.85. The van der Waals surface area contributed by atoms with Crippen molar-refractivity contribution < 1.29 is 0 Å². The summed E-state index contributed by atoms with van der Waals surface area (Å²) in [4.78, 5) is 0. The molecule has 5 rings (SSSR count). The molecule has 0 aliphatic heterocycles. The predicted molar refractivity (Wildman–Crippen MR) is 71.7 cm³/mol. The highest BCUT2D eigenvalue weighted by Gasteiger charge is 2.96. The quantitative estimate of drug-likeness (QED) is 0.730. The zero-order valence-corrected chi connectivity index (χ0v) is 11.3. The zero-order chi connectivity index (χ0) is 12.4. The fraction of sp³-hybridized carbons (Fsp3) is 0.875. The Morgan fingerprint density at radius 1 is 1.22 bits per heavy atom. The molecule has 2 nitrogen and oxygen atoms in total. The van der Waals surface area contributed by atoms with Crippen LogP contribution in [0.3, 0.4) is 0 Å². The highest BCUT2D eigenvalue weighted by molar-refractivity contribution is 5.56. The van der Waals surface area contributed by atoms with E-state index in [0.717, 1.165) is 30.3 Å². The molecule has 4 fully saturated rings. The summed E-state index contributed by atoms with van der Waals surface area (Å²) in [5, 5.41) is 0. The van der Waals surface area contributed by atoms with Crippen molar-refractivity contribution in [3.63, 3.8) is 0 Å². The molecule has 0 bridgehead atoms. The Morgan fingerprint density at radius 2 is 2.06 bits per heavy atom. The van der Waals surface area contributed by atoms with Crippen LogP contribution in [0.2, 0.25) is 0 Å². The van der Waals surface area contributed by atoms with Crippen molar-refractivity contribution in [3.8, 4) is 0 Å². The second kappa shape index (κ2) is 2.47. The van der Waals surface area contributed by atoms with Gasteiger partial charge in [0.1, 0.15) is 0 Å². The van der Waals surface area contributed by atoms with Crippen LogP contribution in [0, 0.1) is 33.5 Å². The first-order valence-corrected chi connectivity index (χ1v) is 7.67. The largest absolute Gasteiger partial charge is 0.330 e. The maximum absolute atomic E-state index is 6.09. The van der Waals surface area contributed by atoms with Crippen molar-refractivity contribution in [3.05, 3.63) is 11.6 Å². The standard InChI is InChI=1S/C16H24N2/c1-13(8-17)3-2-11-10(4-13)12-5-15(12)6-14(9-18)7-16(11,14)15/h2,10,12H,3-9,17-18H2,1H3. The van der Waals surface area contributed by atoms with Gasteiger partial charge in [0.05, 0.1) is 0 Å². The summed E-state index contributed by atoms with van der Waals surface area (Å²) in [6.07, 6.45) is 9.55. The third kappa shape index (κ3) is 0.735. The van der Waals surface area contributed by atoms with Crippen molar-refractivity contribution in [1.29, 1.82) is 0 Å². The van der Waals surface area contributed by atoms with E-state index in [2.05, 4.69) is 13.0 Å². The molecule has 0 heterocycles. The lowest BCUT2D eigenvalue weighted by Gasteiger charge is -2.45. The third-order valence-corrected chi connectivity index (χ3v) is 7.81. The van der Waals surface area contributed by atoms with E-state index >= 15 is 0 Å². The molecule has 0 saturated heterocycles. The summed E-state index contributed by atoms with van der Waals surface area (Å²) in [7, 11) is 0. The molecule has 4 saturated carbocycles. The molecule has 0 aromatic carbocycles. The van der Waals surface area contributed by atoms with Crippen LogP contribution in [0.25, 0.3) is 0 Å². The number of fused-ring (bicyclic) bond motifs is 2. The van der Waals surface area contributed by atoms with Crippen molar-refractivity contribution in [2.45, 2.75) is 39.0 Å². The summed E-state index contributed by atoms with van der Waals surface area (Å²) >= 11 is 0. The molecule has 0 aromatic heterocycles. The minimum Gasteiger partial charge on any atom is -0.330 e. The van der Waals surface area contributed by atoms with E-state index in [1.165, 1.54) is 32.1 Å². The van der Waals surface area contributed by atoms with Gasteiger partial charge in [0, 0.05) is 5.41 Å². The van der Waals surface area contributed by atoms with E-state index in [1.54, 1.807) is 0 Å². The van der Waals surface area contributed by atoms with Crippen LogP contribution in [0.4, 0.5) is 0 Å². The average molecular weight is 244 g/mol. The first-order valence-electron chi connectivity index (χ1n) is 7.67. The molecule has 6 unspecified atom stereocenters. The number of hydrogen-bond acceptors (Lipinski definition) is 2. The monoisotopic (exact) mass is 244 g/mol. The van der Waals surface area contributed by atoms with Crippen LogP contribution >= 0.6 is 0 Å². The van der Waals surface area contributed by atoms with E-state index in [-0.39, 0.29) is 0 Å². The van der Waals surface area contributed by atoms with Gasteiger partial charge in [-0.05, 0) is 73.3 Å². The average Bonchev–Trinajstić information content (AvgIpc) is 3.19. The molecule has 0 amide bonds. The minimum atomic E-state index is 0.374. The Bertz CT molecular complexity index is 497. The lowest BCUT2D eigenvalue weighted by Crippen LogP contribution is -2.42. The molecule has 2 spiro atoms. The van der Waals surface area contributed by atoms with Gasteiger partial charge in [-0.3, -0.25) is 0 Å². The summed E-state index contributed by atoms with van der Waals surface area (Å²) in [6, 6.07) is 0. The molecule has 0 radical (unpaired) electrons. The van der Waals surface area contributed by atoms with Crippen LogP contribution in [-0.2, 0) is 0 Å². The van der Waals surface area contributed by atoms with Gasteiger partial charge in [-0.1, -0.05) is 18.6 Å². The smallest absolute Gasteiger partial charge is 0.00493 e. The van der Waals surface area contributed by atoms with Gasteiger partial charge in [-0.25, -0.2) is 0 Å². The maximum Gasteiger partial charge on any atom is 0.00493 e. The van der Waals surface area contributed by atoms with Crippen molar-refractivity contribution in [1.82, 2.24) is 0 Å². The van der Waals surface area contributed by atoms with E-state index in [9.17, 15) is 0 Å². The molecular weight excluding hydrogens is 220 g/mol. The number of nitrogens with two attached hydrogens (primary N) is 2. The number of rotatable bonds is 2. The van der Waals surface area contributed by atoms with Gasteiger partial charge in [-0.2, -0.15) is 0 Å². The Morgan fingerprint density at radius 3 is 2.72 bits per heavy atom. The van der Waals surface area contributed by atoms with Gasteiger partial charge in [-0.15, -0.1) is 0 Å². The Labute approximate surface area is 109 Å². The second-order valence-corrected chi connectivity index (χ2v) is 8.40. The van der Waals surface area contributed by atoms with E-state index in [0.29, 0.717) is 16.2 Å². The van der Waals surface area contributed by atoms with Gasteiger partial charge < -0.3 is 11.5 Å². The first-order chi connectivity index (χ1) is 8.56. The fourth-order valence-electron chi connectivity index (χ4n) is 6.85. The Hall–Kier alpha value is -0.340. The Balaban J connectivity index is 1.59. The van der Waals surface area contributed by atoms with Crippen LogP contribution in [-0.4, -0.2) is 13.1 Å². The van der Waals surface area contributed by atoms with E-state index in [4.69, 9.17) is 11.5 Å². The van der Waals surface area contributed by atoms with Crippen molar-refractivity contribution in [2.75, 3.05) is 13.1 Å². The summed E-state index contributed by atoms with van der Waals surface area (Å²) in [5.41, 5.74) is 16.2. The molecule has 6 atom stereocenters. The third-order valence-electron chi connectivity index (χ3n) is 7.81. The van der Waals surface area contributed by atoms with Crippen LogP contribution in [0.1, 0.15) is 39.0 Å². The molecule has 5 aliphatic carbocycles. The normalized spacial score (nSPS) is 66.1. The predicted octanol–water partition coefficient (Wildman–Crippen LogP) is 2.05. The Kier molecular flexibility index (Phi) is 1.43. The highest BCUT2D eigenvalue weighted by Crippen LogP contribution is 3.02. The SMILES string of the molecule is CC1(CN)CC=C2C(C1)C1CC13CC1(CN)CC213. The van der Waals surface area contributed by atoms with E-state index < -0.39 is 0 Å². The van der Waals surface area contributed by atoms with Gasteiger partial charge in [0.2, 0.25) is 0 Å². The van der Waals surface area contributed by atoms with E-state index in [1.807, 2.05) is 5.57 Å². The molecule has 18 heavy (non-hydrogen) atoms. The summed E-state index contributed by atoms with van der Waals surface area (Å²) in [6.45, 7) is 4.16. The lowest BCUT2D eigenvalue weighted by molar-refractivity contribution is 0.0939. The highest BCUT2D eigenvalue weighted by atomic mass is 15.0. The van der Waals surface area contributed by atoms with Crippen molar-refractivity contribution in [2.24, 2.45) is 45.0 Å². The molecule has 4 N–H and O–H groups in total. The van der Waals surface area contributed by atoms with Gasteiger partial charge in [0.15, 0.2) is 0 Å². The molecule has 2 heteroatoms. The minimum absolute atomic E-state index is 0.374. The van der Waals surface area contributed by atoms with Gasteiger partial charge in [0.25, 0.3) is 0 Å². The summed E-state index contributed by atoms with van der Waals surface area (Å²) < 4.78 is 0. The molecule has 5 aliphatic rings. The molecule has 0 aromatic rings. The lowest BCUT2D eigenvalue weighted by atomic mass is 9.59. The zero-order valence-electron chi connectivity index (χ0n) is 11.3. The summed E-state index contributed by atoms with van der Waals surface area (Å²) in [5.74, 6) is 1.89. The topological polar surface area (TPSA) is 52.0 Å². The van der Waals surface area contributed by atoms with Crippen LogP contribution in [0.15, 0.2) is 11.6 Å². The maximum atomic E-state index is 6.09. The molecule has 98 valence electrons. The number of allylic oxidation sites excluding steroid dienone is 2. The number of hydrogen-bond donors (Lipinski definition) is 2. The first kappa shape index (κ1) is 10.4. The van der Waals surface area contributed by atoms with Crippen LogP contribution < -0.4 is 11.5 Å². The molecular formula is C16H24N2. The van der Waals surface area contributed by atoms with Crippen molar-refractivity contribution >= 4 is 0 Å². The van der Waals surface area contributed by atoms with Crippen LogP contribution in [0.5, 0.6) is 0 Å². The van der Waals surface area contributed by atoms with Gasteiger partial charge >= 0.3 is 0 Å². The second-order valence-electron chi connectivity index (χ2n) is 8.40.